The van der Waals surface area contributed by atoms with Crippen LogP contribution in [-0.2, 0) is 9.59 Å². The molecule has 126 valence electrons. The standard InChI is InChI=1S/C16H10BrN3O5/c17-12-7-9(8-13(14(12)21)20(24)25)6-11-15(22)18-19(16(11)23)10-4-2-1-3-5-10/h1-8,21H,(H,18,22). The molecule has 1 aliphatic rings. The molecule has 0 aromatic heterocycles. The van der Waals surface area contributed by atoms with Crippen LogP contribution in [0, 0.1) is 10.1 Å². The number of hydrogen-bond donors (Lipinski definition) is 2. The lowest BCUT2D eigenvalue weighted by Crippen LogP contribution is -2.35. The molecule has 2 N–H and O–H groups in total. The van der Waals surface area contributed by atoms with Gasteiger partial charge in [0.2, 0.25) is 5.75 Å². The smallest absolute Gasteiger partial charge is 0.312 e. The molecule has 0 unspecified atom stereocenters. The second-order valence-electron chi connectivity index (χ2n) is 5.10. The number of aromatic hydroxyl groups is 1. The highest BCUT2D eigenvalue weighted by Gasteiger charge is 2.34. The van der Waals surface area contributed by atoms with Crippen molar-refractivity contribution < 1.29 is 19.6 Å². The molecule has 1 fully saturated rings. The van der Waals surface area contributed by atoms with Crippen LogP contribution in [0.4, 0.5) is 11.4 Å². The number of carbonyl (C=O) groups excluding carboxylic acids is 2. The summed E-state index contributed by atoms with van der Waals surface area (Å²) in [5.74, 6) is -1.73. The molecule has 2 aromatic rings. The zero-order chi connectivity index (χ0) is 18.1. The molecular formula is C16H10BrN3O5. The van der Waals surface area contributed by atoms with Crippen LogP contribution < -0.4 is 10.4 Å². The van der Waals surface area contributed by atoms with Gasteiger partial charge in [0, 0.05) is 6.07 Å². The summed E-state index contributed by atoms with van der Waals surface area (Å²) in [6, 6.07) is 11.0. The first kappa shape index (κ1) is 16.7. The number of nitro benzene ring substituents is 1. The van der Waals surface area contributed by atoms with Crippen LogP contribution in [0.25, 0.3) is 6.08 Å². The van der Waals surface area contributed by atoms with Gasteiger partial charge in [0.05, 0.1) is 15.1 Å². The third-order valence-corrected chi connectivity index (χ3v) is 4.08. The minimum Gasteiger partial charge on any atom is -0.501 e. The Bertz CT molecular complexity index is 927. The van der Waals surface area contributed by atoms with Gasteiger partial charge in [0.15, 0.2) is 0 Å². The number of nitrogens with one attached hydrogen (secondary N) is 1. The first-order chi connectivity index (χ1) is 11.9. The van der Waals surface area contributed by atoms with Gasteiger partial charge in [-0.05, 0) is 45.8 Å². The van der Waals surface area contributed by atoms with E-state index in [9.17, 15) is 24.8 Å². The molecule has 0 atom stereocenters. The van der Waals surface area contributed by atoms with E-state index in [4.69, 9.17) is 0 Å². The van der Waals surface area contributed by atoms with E-state index in [0.29, 0.717) is 5.69 Å². The van der Waals surface area contributed by atoms with E-state index in [0.717, 1.165) is 11.1 Å². The summed E-state index contributed by atoms with van der Waals surface area (Å²) in [5, 5.41) is 21.8. The predicted octanol–water partition coefficient (Wildman–Crippen LogP) is 2.52. The lowest BCUT2D eigenvalue weighted by Gasteiger charge is -2.13. The maximum Gasteiger partial charge on any atom is 0.312 e. The fourth-order valence-electron chi connectivity index (χ4n) is 2.31. The number of phenols is 1. The summed E-state index contributed by atoms with van der Waals surface area (Å²) in [6.07, 6.45) is 1.23. The van der Waals surface area contributed by atoms with Crippen molar-refractivity contribution in [1.82, 2.24) is 5.43 Å². The van der Waals surface area contributed by atoms with Crippen molar-refractivity contribution in [2.24, 2.45) is 0 Å². The summed E-state index contributed by atoms with van der Waals surface area (Å²) in [4.78, 5) is 34.8. The molecule has 0 radical (unpaired) electrons. The third-order valence-electron chi connectivity index (χ3n) is 3.48. The van der Waals surface area contributed by atoms with E-state index in [1.807, 2.05) is 0 Å². The first-order valence-electron chi connectivity index (χ1n) is 6.97. The highest BCUT2D eigenvalue weighted by molar-refractivity contribution is 9.10. The van der Waals surface area contributed by atoms with E-state index in [-0.39, 0.29) is 15.6 Å². The van der Waals surface area contributed by atoms with Crippen molar-refractivity contribution in [3.63, 3.8) is 0 Å². The number of nitro groups is 1. The van der Waals surface area contributed by atoms with Crippen molar-refractivity contribution in [3.05, 3.63) is 68.2 Å². The zero-order valence-electron chi connectivity index (χ0n) is 12.5. The third kappa shape index (κ3) is 3.09. The van der Waals surface area contributed by atoms with Gasteiger partial charge < -0.3 is 5.11 Å². The number of carbonyl (C=O) groups is 2. The number of halogens is 1. The maximum atomic E-state index is 12.5. The number of para-hydroxylation sites is 1. The van der Waals surface area contributed by atoms with Crippen LogP contribution in [0.15, 0.2) is 52.5 Å². The molecule has 2 aromatic carbocycles. The fraction of sp³-hybridized carbons (Fsp3) is 0. The van der Waals surface area contributed by atoms with Crippen LogP contribution >= 0.6 is 15.9 Å². The Labute approximate surface area is 149 Å². The minimum atomic E-state index is -0.755. The Morgan fingerprint density at radius 1 is 1.20 bits per heavy atom. The van der Waals surface area contributed by atoms with Gasteiger partial charge in [-0.2, -0.15) is 0 Å². The SMILES string of the molecule is O=C1NN(c2ccccc2)C(=O)C1=Cc1cc(Br)c(O)c([N+](=O)[O-])c1. The lowest BCUT2D eigenvalue weighted by molar-refractivity contribution is -0.386. The Hall–Kier alpha value is -3.20. The fourth-order valence-corrected chi connectivity index (χ4v) is 2.78. The van der Waals surface area contributed by atoms with Gasteiger partial charge in [-0.15, -0.1) is 0 Å². The average molecular weight is 404 g/mol. The van der Waals surface area contributed by atoms with E-state index >= 15 is 0 Å². The second kappa shape index (κ2) is 6.36. The quantitative estimate of drug-likeness (QED) is 0.353. The van der Waals surface area contributed by atoms with Crippen molar-refractivity contribution in [3.8, 4) is 5.75 Å². The number of amides is 2. The van der Waals surface area contributed by atoms with Gasteiger partial charge in [-0.3, -0.25) is 25.1 Å². The Balaban J connectivity index is 2.01. The number of nitrogens with zero attached hydrogens (tertiary/aromatic N) is 2. The second-order valence-corrected chi connectivity index (χ2v) is 5.96. The summed E-state index contributed by atoms with van der Waals surface area (Å²) < 4.78 is 0.0827. The van der Waals surface area contributed by atoms with Gasteiger partial charge in [0.25, 0.3) is 11.8 Å². The van der Waals surface area contributed by atoms with Crippen molar-refractivity contribution in [1.29, 1.82) is 0 Å². The topological polar surface area (TPSA) is 113 Å². The van der Waals surface area contributed by atoms with Crippen LogP contribution in [0.1, 0.15) is 5.56 Å². The molecule has 1 aliphatic heterocycles. The van der Waals surface area contributed by atoms with Gasteiger partial charge in [-0.1, -0.05) is 18.2 Å². The number of phenolic OH excluding ortho intramolecular Hbond substituents is 1. The lowest BCUT2D eigenvalue weighted by atomic mass is 10.1. The van der Waals surface area contributed by atoms with Gasteiger partial charge >= 0.3 is 5.69 Å². The molecule has 0 spiro atoms. The highest BCUT2D eigenvalue weighted by Crippen LogP contribution is 2.36. The molecule has 3 rings (SSSR count). The van der Waals surface area contributed by atoms with E-state index in [2.05, 4.69) is 21.4 Å². The highest BCUT2D eigenvalue weighted by atomic mass is 79.9. The van der Waals surface area contributed by atoms with E-state index < -0.39 is 28.2 Å². The number of benzene rings is 2. The molecule has 2 amide bonds. The minimum absolute atomic E-state index is 0.0827. The molecule has 0 saturated carbocycles. The summed E-state index contributed by atoms with van der Waals surface area (Å²) >= 11 is 3.01. The summed E-state index contributed by atoms with van der Waals surface area (Å²) in [7, 11) is 0. The van der Waals surface area contributed by atoms with Crippen molar-refractivity contribution in [2.75, 3.05) is 5.01 Å². The Morgan fingerprint density at radius 3 is 2.52 bits per heavy atom. The van der Waals surface area contributed by atoms with Crippen molar-refractivity contribution >= 4 is 45.2 Å². The van der Waals surface area contributed by atoms with Crippen molar-refractivity contribution in [2.45, 2.75) is 0 Å². The zero-order valence-corrected chi connectivity index (χ0v) is 14.1. The monoisotopic (exact) mass is 403 g/mol. The maximum absolute atomic E-state index is 12.5. The molecule has 8 nitrogen and oxygen atoms in total. The molecular weight excluding hydrogens is 394 g/mol. The van der Waals surface area contributed by atoms with Gasteiger partial charge in [-0.25, -0.2) is 5.01 Å². The molecule has 25 heavy (non-hydrogen) atoms. The molecule has 1 saturated heterocycles. The summed E-state index contributed by atoms with van der Waals surface area (Å²) in [5.41, 5.74) is 2.44. The average Bonchev–Trinajstić information content (AvgIpc) is 2.86. The Kier molecular flexibility index (Phi) is 4.24. The number of rotatable bonds is 3. The molecule has 1 heterocycles. The first-order valence-corrected chi connectivity index (χ1v) is 7.77. The van der Waals surface area contributed by atoms with E-state index in [1.54, 1.807) is 30.3 Å². The Morgan fingerprint density at radius 2 is 1.88 bits per heavy atom. The number of anilines is 1. The van der Waals surface area contributed by atoms with Gasteiger partial charge in [0.1, 0.15) is 5.57 Å². The van der Waals surface area contributed by atoms with Crippen LogP contribution in [0.2, 0.25) is 0 Å². The molecule has 0 aliphatic carbocycles. The normalized spacial score (nSPS) is 15.6. The largest absolute Gasteiger partial charge is 0.501 e. The number of hydrazine groups is 1. The molecule has 9 heteroatoms. The van der Waals surface area contributed by atoms with Crippen LogP contribution in [-0.4, -0.2) is 21.8 Å². The van der Waals surface area contributed by atoms with Crippen LogP contribution in [0.5, 0.6) is 5.75 Å². The van der Waals surface area contributed by atoms with Crippen LogP contribution in [0.3, 0.4) is 0 Å². The summed E-state index contributed by atoms with van der Waals surface area (Å²) in [6.45, 7) is 0. The molecule has 0 bridgehead atoms. The van der Waals surface area contributed by atoms with E-state index in [1.165, 1.54) is 12.1 Å². The number of hydrogen-bond acceptors (Lipinski definition) is 5. The predicted molar refractivity (Wildman–Crippen MR) is 92.5 cm³/mol.